The molecule has 3 heteroatoms. The van der Waals surface area contributed by atoms with E-state index in [1.165, 1.54) is 5.70 Å². The summed E-state index contributed by atoms with van der Waals surface area (Å²) in [5, 5.41) is 0. The Morgan fingerprint density at radius 1 is 1.50 bits per heavy atom. The molecule has 0 aliphatic rings. The van der Waals surface area contributed by atoms with Gasteiger partial charge in [0.2, 0.25) is 0 Å². The average molecular weight is 104 g/mol. The fourth-order valence-corrected chi connectivity index (χ4v) is 0.516. The van der Waals surface area contributed by atoms with E-state index < -0.39 is 9.28 Å². The van der Waals surface area contributed by atoms with Crippen LogP contribution in [0, 0.1) is 0 Å². The number of allylic oxidation sites excluding steroid dienone is 1. The summed E-state index contributed by atoms with van der Waals surface area (Å²) in [6.07, 6.45) is 1.64. The maximum Gasteiger partial charge on any atom is 0.342 e. The zero-order valence-electron chi connectivity index (χ0n) is 3.63. The van der Waals surface area contributed by atoms with Gasteiger partial charge >= 0.3 is 9.28 Å². The zero-order valence-corrected chi connectivity index (χ0v) is 4.78. The molecule has 0 fully saturated rings. The minimum Gasteiger partial charge on any atom is -0.410 e. The molecular weight excluding hydrogens is 96.1 g/mol. The van der Waals surface area contributed by atoms with Gasteiger partial charge in [-0.1, -0.05) is 11.8 Å². The first-order valence-electron chi connectivity index (χ1n) is 1.76. The smallest absolute Gasteiger partial charge is 0.342 e. The third-order valence-corrected chi connectivity index (χ3v) is 1.09. The maximum atomic E-state index is 8.16. The Kier molecular flexibility index (Phi) is 3.02. The Bertz CT molecular complexity index is 50.8. The largest absolute Gasteiger partial charge is 0.410 e. The second kappa shape index (κ2) is 3.08. The molecule has 0 unspecified atom stereocenters. The zero-order chi connectivity index (χ0) is 4.99. The molecule has 0 heterocycles. The lowest BCUT2D eigenvalue weighted by Gasteiger charge is -1.82. The van der Waals surface area contributed by atoms with Crippen LogP contribution in [0.1, 0.15) is 6.92 Å². The Balaban J connectivity index is 3.03. The third kappa shape index (κ3) is 3.88. The van der Waals surface area contributed by atoms with Gasteiger partial charge in [-0.3, -0.25) is 0 Å². The SMILES string of the molecule is CC=C[SiH](O)O. The van der Waals surface area contributed by atoms with Crippen LogP contribution in [0.4, 0.5) is 0 Å². The molecule has 36 valence electrons. The second-order valence-electron chi connectivity index (χ2n) is 0.939. The van der Waals surface area contributed by atoms with Crippen molar-refractivity contribution >= 4 is 9.28 Å². The molecule has 0 aromatic rings. The summed E-state index contributed by atoms with van der Waals surface area (Å²) >= 11 is 0. The first kappa shape index (κ1) is 5.88. The van der Waals surface area contributed by atoms with Crippen molar-refractivity contribution < 1.29 is 9.59 Å². The van der Waals surface area contributed by atoms with Gasteiger partial charge in [0.1, 0.15) is 0 Å². The Morgan fingerprint density at radius 3 is 2.00 bits per heavy atom. The van der Waals surface area contributed by atoms with E-state index in [0.717, 1.165) is 0 Å². The topological polar surface area (TPSA) is 40.5 Å². The summed E-state index contributed by atoms with van der Waals surface area (Å²) in [7, 11) is -2.35. The molecule has 0 atom stereocenters. The average Bonchev–Trinajstić information content (AvgIpc) is 1.35. The van der Waals surface area contributed by atoms with Crippen molar-refractivity contribution in [3.63, 3.8) is 0 Å². The maximum absolute atomic E-state index is 8.16. The van der Waals surface area contributed by atoms with E-state index in [0.29, 0.717) is 0 Å². The number of hydrogen-bond acceptors (Lipinski definition) is 2. The monoisotopic (exact) mass is 104 g/mol. The standard InChI is InChI=1S/C3H8O2Si/c1-2-3-6(4)5/h2-6H,1H3. The molecule has 0 amide bonds. The molecule has 0 rings (SSSR count). The van der Waals surface area contributed by atoms with Gasteiger partial charge < -0.3 is 9.59 Å². The van der Waals surface area contributed by atoms with Gasteiger partial charge in [-0.25, -0.2) is 0 Å². The van der Waals surface area contributed by atoms with Crippen molar-refractivity contribution in [2.45, 2.75) is 6.92 Å². The van der Waals surface area contributed by atoms with Crippen LogP contribution in [0.3, 0.4) is 0 Å². The van der Waals surface area contributed by atoms with Gasteiger partial charge in [0.05, 0.1) is 0 Å². The molecule has 0 radical (unpaired) electrons. The lowest BCUT2D eigenvalue weighted by atomic mass is 10.8. The molecule has 0 spiro atoms. The normalized spacial score (nSPS) is 11.3. The van der Waals surface area contributed by atoms with Crippen molar-refractivity contribution in [3.05, 3.63) is 11.8 Å². The Labute approximate surface area is 38.6 Å². The van der Waals surface area contributed by atoms with E-state index in [4.69, 9.17) is 9.59 Å². The molecular formula is C3H8O2Si. The molecule has 0 saturated carbocycles. The number of rotatable bonds is 1. The lowest BCUT2D eigenvalue weighted by molar-refractivity contribution is 0.424. The van der Waals surface area contributed by atoms with Crippen molar-refractivity contribution in [2.24, 2.45) is 0 Å². The summed E-state index contributed by atoms with van der Waals surface area (Å²) in [6, 6.07) is 0. The third-order valence-electron chi connectivity index (χ3n) is 0.365. The highest BCUT2D eigenvalue weighted by molar-refractivity contribution is 6.47. The van der Waals surface area contributed by atoms with E-state index in [9.17, 15) is 0 Å². The predicted octanol–water partition coefficient (Wildman–Crippen LogP) is -0.693. The highest BCUT2D eigenvalue weighted by atomic mass is 28.3. The van der Waals surface area contributed by atoms with Crippen molar-refractivity contribution in [2.75, 3.05) is 0 Å². The Morgan fingerprint density at radius 2 is 2.00 bits per heavy atom. The summed E-state index contributed by atoms with van der Waals surface area (Å²) < 4.78 is 0. The van der Waals surface area contributed by atoms with Crippen molar-refractivity contribution in [3.8, 4) is 0 Å². The van der Waals surface area contributed by atoms with Crippen LogP contribution in [0.5, 0.6) is 0 Å². The summed E-state index contributed by atoms with van der Waals surface area (Å²) in [5.41, 5.74) is 1.42. The summed E-state index contributed by atoms with van der Waals surface area (Å²) in [5.74, 6) is 0. The molecule has 0 aliphatic carbocycles. The number of hydrogen-bond donors (Lipinski definition) is 2. The molecule has 0 aromatic carbocycles. The first-order valence-corrected chi connectivity index (χ1v) is 3.46. The van der Waals surface area contributed by atoms with Crippen molar-refractivity contribution in [1.29, 1.82) is 0 Å². The highest BCUT2D eigenvalue weighted by Gasteiger charge is 1.86. The molecule has 0 aromatic heterocycles. The molecule has 0 bridgehead atoms. The minimum atomic E-state index is -2.35. The van der Waals surface area contributed by atoms with Gasteiger partial charge in [0.25, 0.3) is 0 Å². The van der Waals surface area contributed by atoms with E-state index >= 15 is 0 Å². The van der Waals surface area contributed by atoms with Crippen LogP contribution in [0.25, 0.3) is 0 Å². The first-order chi connectivity index (χ1) is 2.77. The van der Waals surface area contributed by atoms with Crippen LogP contribution >= 0.6 is 0 Å². The van der Waals surface area contributed by atoms with Crippen LogP contribution in [-0.2, 0) is 0 Å². The van der Waals surface area contributed by atoms with E-state index in [1.54, 1.807) is 13.0 Å². The fraction of sp³-hybridized carbons (Fsp3) is 0.333. The van der Waals surface area contributed by atoms with Gasteiger partial charge in [-0.15, -0.1) is 0 Å². The van der Waals surface area contributed by atoms with E-state index in [1.807, 2.05) is 0 Å². The molecule has 2 nitrogen and oxygen atoms in total. The van der Waals surface area contributed by atoms with Gasteiger partial charge in [0, 0.05) is 0 Å². The lowest BCUT2D eigenvalue weighted by Crippen LogP contribution is -2.04. The molecule has 2 N–H and O–H groups in total. The minimum absolute atomic E-state index is 1.42. The Hall–Kier alpha value is -0.123. The van der Waals surface area contributed by atoms with Crippen molar-refractivity contribution in [1.82, 2.24) is 0 Å². The second-order valence-corrected chi connectivity index (χ2v) is 2.15. The molecule has 0 aliphatic heterocycles. The highest BCUT2D eigenvalue weighted by Crippen LogP contribution is 1.68. The van der Waals surface area contributed by atoms with Gasteiger partial charge in [0.15, 0.2) is 0 Å². The fourth-order valence-electron chi connectivity index (χ4n) is 0.172. The van der Waals surface area contributed by atoms with Crippen LogP contribution in [-0.4, -0.2) is 18.9 Å². The summed E-state index contributed by atoms with van der Waals surface area (Å²) in [4.78, 5) is 16.3. The summed E-state index contributed by atoms with van der Waals surface area (Å²) in [6.45, 7) is 1.76. The molecule has 6 heavy (non-hydrogen) atoms. The van der Waals surface area contributed by atoms with Crippen LogP contribution in [0.15, 0.2) is 11.8 Å². The van der Waals surface area contributed by atoms with E-state index in [-0.39, 0.29) is 0 Å². The molecule has 0 saturated heterocycles. The van der Waals surface area contributed by atoms with E-state index in [2.05, 4.69) is 0 Å². The van der Waals surface area contributed by atoms with Gasteiger partial charge in [-0.2, -0.15) is 0 Å². The van der Waals surface area contributed by atoms with Gasteiger partial charge in [-0.05, 0) is 6.92 Å². The van der Waals surface area contributed by atoms with Crippen LogP contribution in [0.2, 0.25) is 0 Å². The van der Waals surface area contributed by atoms with Crippen LogP contribution < -0.4 is 0 Å². The predicted molar refractivity (Wildman–Crippen MR) is 26.4 cm³/mol. The quantitative estimate of drug-likeness (QED) is 0.432.